The van der Waals surface area contributed by atoms with Crippen LogP contribution in [0.25, 0.3) is 5.65 Å². The highest BCUT2D eigenvalue weighted by molar-refractivity contribution is 5.39. The minimum Gasteiger partial charge on any atom is -0.396 e. The zero-order chi connectivity index (χ0) is 13.9. The number of aromatic nitrogens is 2. The molecule has 1 fully saturated rings. The second-order valence-electron chi connectivity index (χ2n) is 5.97. The van der Waals surface area contributed by atoms with Crippen LogP contribution in [-0.4, -0.2) is 39.1 Å². The minimum atomic E-state index is 0.350. The second kappa shape index (κ2) is 5.94. The lowest BCUT2D eigenvalue weighted by Crippen LogP contribution is -2.35. The summed E-state index contributed by atoms with van der Waals surface area (Å²) in [7, 11) is 2.19. The summed E-state index contributed by atoms with van der Waals surface area (Å²) in [6, 6.07) is 6.71. The van der Waals surface area contributed by atoms with Gasteiger partial charge in [0.05, 0.1) is 5.69 Å². The largest absolute Gasteiger partial charge is 0.396 e. The molecule has 1 aliphatic rings. The molecule has 0 radical (unpaired) electrons. The van der Waals surface area contributed by atoms with E-state index in [9.17, 15) is 5.11 Å². The van der Waals surface area contributed by atoms with Crippen LogP contribution >= 0.6 is 0 Å². The summed E-state index contributed by atoms with van der Waals surface area (Å²) in [5.41, 5.74) is 2.14. The van der Waals surface area contributed by atoms with Crippen molar-refractivity contribution in [2.75, 3.05) is 13.7 Å². The van der Waals surface area contributed by atoms with Gasteiger partial charge in [-0.25, -0.2) is 4.98 Å². The molecule has 0 aliphatic heterocycles. The van der Waals surface area contributed by atoms with Crippen molar-refractivity contribution in [3.05, 3.63) is 36.3 Å². The van der Waals surface area contributed by atoms with Crippen molar-refractivity contribution in [2.45, 2.75) is 38.3 Å². The topological polar surface area (TPSA) is 40.8 Å². The highest BCUT2D eigenvalue weighted by atomic mass is 16.3. The van der Waals surface area contributed by atoms with Gasteiger partial charge in [-0.05, 0) is 50.8 Å². The van der Waals surface area contributed by atoms with E-state index in [0.717, 1.165) is 30.7 Å². The lowest BCUT2D eigenvalue weighted by molar-refractivity contribution is 0.123. The van der Waals surface area contributed by atoms with Gasteiger partial charge in [0, 0.05) is 31.6 Å². The number of rotatable bonds is 4. The van der Waals surface area contributed by atoms with E-state index in [1.165, 1.54) is 12.8 Å². The van der Waals surface area contributed by atoms with E-state index in [1.54, 1.807) is 0 Å². The maximum atomic E-state index is 9.21. The lowest BCUT2D eigenvalue weighted by atomic mass is 9.86. The Kier molecular flexibility index (Phi) is 4.03. The number of hydrogen-bond donors (Lipinski definition) is 1. The number of nitrogens with zero attached hydrogens (tertiary/aromatic N) is 3. The molecule has 0 spiro atoms. The quantitative estimate of drug-likeness (QED) is 0.929. The molecule has 1 N–H and O–H groups in total. The maximum Gasteiger partial charge on any atom is 0.137 e. The number of aliphatic hydroxyl groups is 1. The van der Waals surface area contributed by atoms with E-state index < -0.39 is 0 Å². The molecule has 2 aromatic rings. The molecule has 0 saturated heterocycles. The number of pyridine rings is 1. The first kappa shape index (κ1) is 13.6. The van der Waals surface area contributed by atoms with Gasteiger partial charge in [0.2, 0.25) is 0 Å². The summed E-state index contributed by atoms with van der Waals surface area (Å²) in [6.45, 7) is 1.25. The van der Waals surface area contributed by atoms with Gasteiger partial charge in [-0.1, -0.05) is 6.07 Å². The molecule has 1 aliphatic carbocycles. The zero-order valence-electron chi connectivity index (χ0n) is 12.1. The molecule has 3 rings (SSSR count). The summed E-state index contributed by atoms with van der Waals surface area (Å²) in [6.07, 6.45) is 8.83. The molecule has 20 heavy (non-hydrogen) atoms. The molecular formula is C16H23N3O. The van der Waals surface area contributed by atoms with Gasteiger partial charge in [-0.15, -0.1) is 0 Å². The fraction of sp³-hybridized carbons (Fsp3) is 0.562. The molecule has 108 valence electrons. The second-order valence-corrected chi connectivity index (χ2v) is 5.97. The highest BCUT2D eigenvalue weighted by Gasteiger charge is 2.23. The fourth-order valence-corrected chi connectivity index (χ4v) is 3.22. The SMILES string of the molecule is CN(Cc1cn2ccccc2n1)C1CCC(CO)CC1. The smallest absolute Gasteiger partial charge is 0.137 e. The molecule has 0 aromatic carbocycles. The Labute approximate surface area is 120 Å². The van der Waals surface area contributed by atoms with E-state index in [1.807, 2.05) is 24.4 Å². The molecule has 1 saturated carbocycles. The Morgan fingerprint density at radius 3 is 2.80 bits per heavy atom. The standard InChI is InChI=1S/C16H23N3O/c1-18(15-7-5-13(12-20)6-8-15)10-14-11-19-9-3-2-4-16(19)17-14/h2-4,9,11,13,15,20H,5-8,10,12H2,1H3. The predicted molar refractivity (Wildman–Crippen MR) is 79.5 cm³/mol. The summed E-state index contributed by atoms with van der Waals surface area (Å²) >= 11 is 0. The van der Waals surface area contributed by atoms with Gasteiger partial charge in [-0.3, -0.25) is 4.90 Å². The van der Waals surface area contributed by atoms with E-state index in [2.05, 4.69) is 27.5 Å². The van der Waals surface area contributed by atoms with Crippen LogP contribution in [0, 0.1) is 5.92 Å². The third-order valence-corrected chi connectivity index (χ3v) is 4.52. The number of hydrogen-bond acceptors (Lipinski definition) is 3. The van der Waals surface area contributed by atoms with Crippen LogP contribution in [0.5, 0.6) is 0 Å². The van der Waals surface area contributed by atoms with Gasteiger partial charge < -0.3 is 9.51 Å². The Morgan fingerprint density at radius 1 is 1.30 bits per heavy atom. The van der Waals surface area contributed by atoms with Gasteiger partial charge in [0.1, 0.15) is 5.65 Å². The van der Waals surface area contributed by atoms with E-state index >= 15 is 0 Å². The number of fused-ring (bicyclic) bond motifs is 1. The lowest BCUT2D eigenvalue weighted by Gasteiger charge is -2.33. The Morgan fingerprint density at radius 2 is 2.10 bits per heavy atom. The third-order valence-electron chi connectivity index (χ3n) is 4.52. The maximum absolute atomic E-state index is 9.21. The van der Waals surface area contributed by atoms with Gasteiger partial charge in [0.15, 0.2) is 0 Å². The highest BCUT2D eigenvalue weighted by Crippen LogP contribution is 2.27. The number of aliphatic hydroxyl groups excluding tert-OH is 1. The Hall–Kier alpha value is -1.39. The Balaban J connectivity index is 1.62. The molecule has 0 amide bonds. The molecule has 4 heteroatoms. The fourth-order valence-electron chi connectivity index (χ4n) is 3.22. The average Bonchev–Trinajstić information content (AvgIpc) is 2.89. The van der Waals surface area contributed by atoms with Crippen molar-refractivity contribution < 1.29 is 5.11 Å². The molecular weight excluding hydrogens is 250 g/mol. The van der Waals surface area contributed by atoms with Crippen molar-refractivity contribution >= 4 is 5.65 Å². The van der Waals surface area contributed by atoms with E-state index in [-0.39, 0.29) is 0 Å². The molecule has 0 bridgehead atoms. The molecule has 0 atom stereocenters. The minimum absolute atomic E-state index is 0.350. The number of imidazole rings is 1. The van der Waals surface area contributed by atoms with Crippen LogP contribution in [-0.2, 0) is 6.54 Å². The van der Waals surface area contributed by atoms with Crippen molar-refractivity contribution in [3.63, 3.8) is 0 Å². The van der Waals surface area contributed by atoms with E-state index in [0.29, 0.717) is 18.6 Å². The third kappa shape index (κ3) is 2.86. The van der Waals surface area contributed by atoms with Gasteiger partial charge >= 0.3 is 0 Å². The first-order chi connectivity index (χ1) is 9.76. The first-order valence-electron chi connectivity index (χ1n) is 7.50. The summed E-state index contributed by atoms with van der Waals surface area (Å²) in [5, 5.41) is 9.21. The van der Waals surface area contributed by atoms with E-state index in [4.69, 9.17) is 0 Å². The normalized spacial score (nSPS) is 23.6. The molecule has 2 aromatic heterocycles. The predicted octanol–water partition coefficient (Wildman–Crippen LogP) is 2.32. The Bertz CT molecular complexity index is 525. The van der Waals surface area contributed by atoms with Crippen LogP contribution in [0.4, 0.5) is 0 Å². The van der Waals surface area contributed by atoms with Crippen LogP contribution in [0.3, 0.4) is 0 Å². The molecule has 4 nitrogen and oxygen atoms in total. The van der Waals surface area contributed by atoms with Crippen LogP contribution in [0.15, 0.2) is 30.6 Å². The van der Waals surface area contributed by atoms with Crippen molar-refractivity contribution in [3.8, 4) is 0 Å². The van der Waals surface area contributed by atoms with Crippen molar-refractivity contribution in [1.82, 2.24) is 14.3 Å². The molecule has 0 unspecified atom stereocenters. The van der Waals surface area contributed by atoms with Crippen LogP contribution in [0.2, 0.25) is 0 Å². The summed E-state index contributed by atoms with van der Waals surface area (Å²) < 4.78 is 2.08. The average molecular weight is 273 g/mol. The summed E-state index contributed by atoms with van der Waals surface area (Å²) in [5.74, 6) is 0.523. The summed E-state index contributed by atoms with van der Waals surface area (Å²) in [4.78, 5) is 7.07. The zero-order valence-corrected chi connectivity index (χ0v) is 12.1. The van der Waals surface area contributed by atoms with Crippen molar-refractivity contribution in [2.24, 2.45) is 5.92 Å². The van der Waals surface area contributed by atoms with Gasteiger partial charge in [0.25, 0.3) is 0 Å². The van der Waals surface area contributed by atoms with Crippen LogP contribution < -0.4 is 0 Å². The molecule has 2 heterocycles. The monoisotopic (exact) mass is 273 g/mol. The van der Waals surface area contributed by atoms with Crippen LogP contribution in [0.1, 0.15) is 31.4 Å². The first-order valence-corrected chi connectivity index (χ1v) is 7.50. The van der Waals surface area contributed by atoms with Gasteiger partial charge in [-0.2, -0.15) is 0 Å². The van der Waals surface area contributed by atoms with Crippen molar-refractivity contribution in [1.29, 1.82) is 0 Å².